The van der Waals surface area contributed by atoms with E-state index in [4.69, 9.17) is 4.74 Å². The van der Waals surface area contributed by atoms with E-state index in [-0.39, 0.29) is 40.7 Å². The van der Waals surface area contributed by atoms with Gasteiger partial charge < -0.3 is 20.1 Å². The van der Waals surface area contributed by atoms with Crippen molar-refractivity contribution in [1.82, 2.24) is 0 Å². The maximum Gasteiger partial charge on any atom is 0.309 e. The largest absolute Gasteiger partial charge is 0.465 e. The highest BCUT2D eigenvalue weighted by molar-refractivity contribution is 5.74. The van der Waals surface area contributed by atoms with Gasteiger partial charge >= 0.3 is 5.97 Å². The number of hydrogen-bond acceptors (Lipinski definition) is 5. The van der Waals surface area contributed by atoms with Gasteiger partial charge in [0.05, 0.1) is 30.8 Å². The van der Waals surface area contributed by atoms with Crippen molar-refractivity contribution in [1.29, 1.82) is 0 Å². The third kappa shape index (κ3) is 4.08. The summed E-state index contributed by atoms with van der Waals surface area (Å²) in [5.41, 5.74) is 0.00402. The first kappa shape index (κ1) is 25.4. The highest BCUT2D eigenvalue weighted by Crippen LogP contribution is 2.66. The molecule has 5 nitrogen and oxygen atoms in total. The SMILES string of the molecule is CC(C)[C@H](C)[C@@H](O)[C@H](O)[C@@H](C)C1CCC2C3COC(=O)[C@H]4C[C@@H](O)CC[C@]4(C)C3CC[C@@]21C. The zero-order valence-corrected chi connectivity index (χ0v) is 21.7. The van der Waals surface area contributed by atoms with Crippen LogP contribution in [0, 0.1) is 58.2 Å². The van der Waals surface area contributed by atoms with Gasteiger partial charge in [0.25, 0.3) is 0 Å². The maximum atomic E-state index is 13.0. The summed E-state index contributed by atoms with van der Waals surface area (Å²) in [4.78, 5) is 13.0. The zero-order chi connectivity index (χ0) is 24.3. The van der Waals surface area contributed by atoms with Crippen LogP contribution in [0.5, 0.6) is 0 Å². The van der Waals surface area contributed by atoms with Gasteiger partial charge in [-0.15, -0.1) is 0 Å². The van der Waals surface area contributed by atoms with Crippen LogP contribution in [0.2, 0.25) is 0 Å². The Morgan fingerprint density at radius 3 is 2.21 bits per heavy atom. The molecular formula is C28H48O5. The first-order valence-electron chi connectivity index (χ1n) is 13.6. The van der Waals surface area contributed by atoms with Crippen LogP contribution in [0.1, 0.15) is 86.5 Å². The van der Waals surface area contributed by atoms with E-state index in [1.54, 1.807) is 0 Å². The second-order valence-corrected chi connectivity index (χ2v) is 13.2. The Balaban J connectivity index is 1.56. The van der Waals surface area contributed by atoms with Crippen LogP contribution in [0.4, 0.5) is 0 Å². The maximum absolute atomic E-state index is 13.0. The van der Waals surface area contributed by atoms with E-state index in [1.807, 2.05) is 6.92 Å². The number of hydrogen-bond donors (Lipinski definition) is 3. The quantitative estimate of drug-likeness (QED) is 0.524. The number of ether oxygens (including phenoxy) is 1. The predicted octanol–water partition coefficient (Wildman–Crippen LogP) is 4.42. The summed E-state index contributed by atoms with van der Waals surface area (Å²) < 4.78 is 5.91. The number of rotatable bonds is 5. The number of esters is 1. The molecule has 0 aromatic heterocycles. The molecule has 33 heavy (non-hydrogen) atoms. The highest BCUT2D eigenvalue weighted by atomic mass is 16.5. The van der Waals surface area contributed by atoms with Gasteiger partial charge in [-0.3, -0.25) is 4.79 Å². The van der Waals surface area contributed by atoms with Gasteiger partial charge in [0, 0.05) is 0 Å². The Morgan fingerprint density at radius 2 is 1.55 bits per heavy atom. The van der Waals surface area contributed by atoms with Crippen LogP contribution in [-0.2, 0) is 9.53 Å². The molecule has 4 aliphatic rings. The molecule has 1 heterocycles. The molecule has 0 spiro atoms. The summed E-state index contributed by atoms with van der Waals surface area (Å²) in [6, 6.07) is 0. The summed E-state index contributed by atoms with van der Waals surface area (Å²) in [7, 11) is 0. The van der Waals surface area contributed by atoms with Crippen molar-refractivity contribution >= 4 is 5.97 Å². The number of carbonyl (C=O) groups is 1. The number of fused-ring (bicyclic) bond motifs is 5. The van der Waals surface area contributed by atoms with Gasteiger partial charge in [0.15, 0.2) is 0 Å². The Hall–Kier alpha value is -0.650. The lowest BCUT2D eigenvalue weighted by molar-refractivity contribution is -0.155. The fourth-order valence-corrected chi connectivity index (χ4v) is 8.90. The van der Waals surface area contributed by atoms with E-state index in [9.17, 15) is 20.1 Å². The molecule has 5 heteroatoms. The molecule has 3 aliphatic carbocycles. The Bertz CT molecular complexity index is 723. The topological polar surface area (TPSA) is 87.0 Å². The smallest absolute Gasteiger partial charge is 0.309 e. The third-order valence-corrected chi connectivity index (χ3v) is 11.5. The number of carbonyl (C=O) groups excluding carboxylic acids is 1. The number of aliphatic hydroxyl groups is 3. The van der Waals surface area contributed by atoms with Gasteiger partial charge in [-0.05, 0) is 97.2 Å². The van der Waals surface area contributed by atoms with E-state index in [0.29, 0.717) is 42.6 Å². The van der Waals surface area contributed by atoms with Crippen molar-refractivity contribution in [2.45, 2.75) is 105 Å². The Kier molecular flexibility index (Phi) is 7.01. The summed E-state index contributed by atoms with van der Waals surface area (Å²) in [5.74, 6) is 1.78. The summed E-state index contributed by atoms with van der Waals surface area (Å²) in [6.45, 7) is 13.6. The molecule has 0 aromatic carbocycles. The van der Waals surface area contributed by atoms with Crippen molar-refractivity contribution in [3.05, 3.63) is 0 Å². The van der Waals surface area contributed by atoms with Gasteiger partial charge in [0.1, 0.15) is 0 Å². The second-order valence-electron chi connectivity index (χ2n) is 13.2. The van der Waals surface area contributed by atoms with Crippen LogP contribution in [-0.4, -0.2) is 46.2 Å². The van der Waals surface area contributed by atoms with Crippen LogP contribution >= 0.6 is 0 Å². The molecule has 3 N–H and O–H groups in total. The van der Waals surface area contributed by atoms with Gasteiger partial charge in [-0.2, -0.15) is 0 Å². The minimum absolute atomic E-state index is 0.0363. The molecule has 0 radical (unpaired) electrons. The van der Waals surface area contributed by atoms with E-state index in [1.165, 1.54) is 0 Å². The van der Waals surface area contributed by atoms with E-state index >= 15 is 0 Å². The highest BCUT2D eigenvalue weighted by Gasteiger charge is 2.62. The summed E-state index contributed by atoms with van der Waals surface area (Å²) in [6.07, 6.45) is 4.78. The average Bonchev–Trinajstić information content (AvgIpc) is 3.08. The molecule has 1 aliphatic heterocycles. The Morgan fingerprint density at radius 1 is 0.909 bits per heavy atom. The van der Waals surface area contributed by atoms with Crippen molar-refractivity contribution < 1.29 is 24.9 Å². The standard InChI is InChI=1S/C28H48O5/c1-15(2)16(3)24(30)25(31)17(4)20-7-8-21-19-14-33-26(32)23-13-18(29)9-11-28(23,6)22(19)10-12-27(20,21)5/h15-25,29-31H,7-14H2,1-6H3/t16-,17-,18-,19?,20?,21?,22?,23+,24+,25+,27+,28+/m0/s1. The minimum Gasteiger partial charge on any atom is -0.465 e. The van der Waals surface area contributed by atoms with Crippen LogP contribution in [0.15, 0.2) is 0 Å². The fraction of sp³-hybridized carbons (Fsp3) is 0.964. The molecule has 1 saturated heterocycles. The van der Waals surface area contributed by atoms with E-state index in [2.05, 4.69) is 34.6 Å². The van der Waals surface area contributed by atoms with Crippen molar-refractivity contribution in [3.8, 4) is 0 Å². The van der Waals surface area contributed by atoms with Crippen LogP contribution < -0.4 is 0 Å². The summed E-state index contributed by atoms with van der Waals surface area (Å²) >= 11 is 0. The molecule has 4 fully saturated rings. The van der Waals surface area contributed by atoms with Gasteiger partial charge in [0.2, 0.25) is 0 Å². The van der Waals surface area contributed by atoms with Crippen molar-refractivity contribution in [2.75, 3.05) is 6.61 Å². The molecule has 0 bridgehead atoms. The molecule has 0 amide bonds. The predicted molar refractivity (Wildman–Crippen MR) is 128 cm³/mol. The summed E-state index contributed by atoms with van der Waals surface area (Å²) in [5, 5.41) is 32.3. The molecule has 4 rings (SSSR count). The molecule has 3 saturated carbocycles. The first-order valence-corrected chi connectivity index (χ1v) is 13.6. The lowest BCUT2D eigenvalue weighted by Crippen LogP contribution is -2.52. The van der Waals surface area contributed by atoms with E-state index in [0.717, 1.165) is 38.5 Å². The average molecular weight is 465 g/mol. The first-order chi connectivity index (χ1) is 15.4. The lowest BCUT2D eigenvalue weighted by Gasteiger charge is -2.55. The number of cyclic esters (lactones) is 1. The minimum atomic E-state index is -0.714. The van der Waals surface area contributed by atoms with Gasteiger partial charge in [-0.25, -0.2) is 0 Å². The molecule has 4 unspecified atom stereocenters. The second kappa shape index (κ2) is 9.09. The van der Waals surface area contributed by atoms with Crippen molar-refractivity contribution in [2.24, 2.45) is 58.2 Å². The van der Waals surface area contributed by atoms with Crippen molar-refractivity contribution in [3.63, 3.8) is 0 Å². The van der Waals surface area contributed by atoms with Crippen LogP contribution in [0.3, 0.4) is 0 Å². The monoisotopic (exact) mass is 464 g/mol. The van der Waals surface area contributed by atoms with E-state index < -0.39 is 12.2 Å². The fourth-order valence-electron chi connectivity index (χ4n) is 8.90. The lowest BCUT2D eigenvalue weighted by atomic mass is 9.48. The van der Waals surface area contributed by atoms with Crippen LogP contribution in [0.25, 0.3) is 0 Å². The molecule has 0 aromatic rings. The number of aliphatic hydroxyl groups excluding tert-OH is 3. The normalized spacial score (nSPS) is 46.9. The third-order valence-electron chi connectivity index (χ3n) is 11.5. The molecule has 190 valence electrons. The Labute approximate surface area is 200 Å². The molecule has 12 atom stereocenters. The zero-order valence-electron chi connectivity index (χ0n) is 21.7. The molecular weight excluding hydrogens is 416 g/mol. The van der Waals surface area contributed by atoms with Gasteiger partial charge in [-0.1, -0.05) is 41.5 Å².